The number of H-pyrrole nitrogens is 2. The molecule has 0 spiro atoms. The Hall–Kier alpha value is -9.55. The summed E-state index contributed by atoms with van der Waals surface area (Å²) in [6, 6.07) is 39.2. The third-order valence-corrected chi connectivity index (χ3v) is 27.6. The van der Waals surface area contributed by atoms with E-state index in [1.54, 1.807) is 11.8 Å². The third kappa shape index (κ3) is 17.1. The van der Waals surface area contributed by atoms with Crippen LogP contribution in [0.25, 0.3) is 54.8 Å². The first-order valence-electron chi connectivity index (χ1n) is 41.3. The molecule has 2 unspecified atom stereocenters. The van der Waals surface area contributed by atoms with Gasteiger partial charge in [0.25, 0.3) is 10.1 Å². The molecule has 22 heteroatoms. The van der Waals surface area contributed by atoms with E-state index in [1.165, 1.54) is 0 Å². The van der Waals surface area contributed by atoms with Crippen molar-refractivity contribution in [3.63, 3.8) is 0 Å². The molecule has 6 aliphatic rings. The summed E-state index contributed by atoms with van der Waals surface area (Å²) in [6.07, 6.45) is 16.4. The molecule has 7 heterocycles. The number of hydrogen-bond acceptors (Lipinski definition) is 14. The molecular weight excluding hydrogens is 1510 g/mol. The van der Waals surface area contributed by atoms with Gasteiger partial charge in [-0.25, -0.2) is 13.4 Å². The Morgan fingerprint density at radius 2 is 1.47 bits per heavy atom. The van der Waals surface area contributed by atoms with Crippen LogP contribution in [0.1, 0.15) is 230 Å². The van der Waals surface area contributed by atoms with E-state index in [0.717, 1.165) is 187 Å². The first-order valence-corrected chi connectivity index (χ1v) is 45.3. The summed E-state index contributed by atoms with van der Waals surface area (Å²) in [7, 11) is -8.64. The molecular formula is C94H109N9O10S3. The van der Waals surface area contributed by atoms with Crippen molar-refractivity contribution in [1.29, 1.82) is 0 Å². The zero-order valence-electron chi connectivity index (χ0n) is 68.7. The fraction of sp³-hybridized carbons (Fsp3) is 0.404. The molecule has 608 valence electrons. The normalized spacial score (nSPS) is 18.8. The number of nitrogens with one attached hydrogen (secondary N) is 4. The Bertz CT molecular complexity index is 5880. The maximum atomic E-state index is 15.4. The van der Waals surface area contributed by atoms with Gasteiger partial charge in [-0.1, -0.05) is 132 Å². The zero-order chi connectivity index (χ0) is 82.3. The Morgan fingerprint density at radius 3 is 2.20 bits per heavy atom. The average molecular weight is 1620 g/mol. The minimum atomic E-state index is -4.45. The predicted molar refractivity (Wildman–Crippen MR) is 469 cm³/mol. The Labute approximate surface area is 686 Å². The maximum Gasteiger partial charge on any atom is 0.264 e. The van der Waals surface area contributed by atoms with Crippen LogP contribution in [0.3, 0.4) is 0 Å². The van der Waals surface area contributed by atoms with Crippen molar-refractivity contribution in [3.05, 3.63) is 223 Å². The van der Waals surface area contributed by atoms with E-state index < -0.39 is 42.7 Å². The second-order valence-corrected chi connectivity index (χ2v) is 37.5. The number of nitrogen functional groups attached to an aromatic ring is 1. The van der Waals surface area contributed by atoms with Crippen molar-refractivity contribution >= 4 is 127 Å². The molecule has 0 fully saturated rings. The van der Waals surface area contributed by atoms with Gasteiger partial charge in [0, 0.05) is 158 Å². The number of ketones is 1. The number of hydrogen-bond donors (Lipinski definition) is 6. The maximum absolute atomic E-state index is 15.4. The van der Waals surface area contributed by atoms with Gasteiger partial charge in [0.1, 0.15) is 6.54 Å². The number of nitrogens with zero attached hydrogens (tertiary/aromatic N) is 4. The number of amides is 2. The number of carbonyl (C=O) groups excluding carboxylic acids is 3. The van der Waals surface area contributed by atoms with Crippen molar-refractivity contribution in [1.82, 2.24) is 30.6 Å². The summed E-state index contributed by atoms with van der Waals surface area (Å²) in [4.78, 5) is 66.6. The lowest BCUT2D eigenvalue weighted by Crippen LogP contribution is -2.38. The molecule has 7 N–H and O–H groups in total. The summed E-state index contributed by atoms with van der Waals surface area (Å²) in [5, 5.41) is 10.8. The van der Waals surface area contributed by atoms with Crippen LogP contribution < -0.4 is 21.3 Å². The monoisotopic (exact) mass is 1620 g/mol. The standard InChI is InChI=1S/C94H109N9O10S3/c1-12-14-15-22-47-113-60(7)85-58(5)75-53-74-57(4)69(89(100-74)72-52-81(104)86-59(6)76(101-90(72)86)54-77-68(13-2)56(3)73(98-77)55-78(85)99-75)37-42-84(105)96-43-44-97-92(106)65-50-63(31-40-82-93(8,9)87-70-27-18-16-25-61(70)29-38-79(87)102(82)45-20-23-48-115(107,108)109)91(114-67-35-33-66(95)34-36-67)64(51-65)32-41-83-94(10,11)88-71-28-19-17-26-62(71)30-39-80(88)103(83)46-21-24-49-116(110,111)112/h16-19,25-36,38-41,53-55,57,60,65,69H,12-15,20-24,37,42-52,95H2,1-11H3,(H5-,96,97,98,99,100,101,104,105,106,107,108,109,110,111,112)/t57-,60?,69-/m0/s1. The van der Waals surface area contributed by atoms with Gasteiger partial charge in [0.15, 0.2) is 11.5 Å². The lowest BCUT2D eigenvalue weighted by molar-refractivity contribution is -0.438. The zero-order valence-corrected chi connectivity index (χ0v) is 71.1. The van der Waals surface area contributed by atoms with Crippen LogP contribution in [0.15, 0.2) is 166 Å². The Kier molecular flexibility index (Phi) is 24.4. The van der Waals surface area contributed by atoms with Gasteiger partial charge in [0.2, 0.25) is 17.5 Å². The Balaban J connectivity index is 0.782. The van der Waals surface area contributed by atoms with Crippen LogP contribution in [-0.2, 0) is 51.8 Å². The van der Waals surface area contributed by atoms with E-state index in [2.05, 4.69) is 190 Å². The van der Waals surface area contributed by atoms with Crippen molar-refractivity contribution in [2.45, 2.75) is 200 Å². The summed E-state index contributed by atoms with van der Waals surface area (Å²) >= 11 is 1.59. The van der Waals surface area contributed by atoms with Crippen LogP contribution in [0, 0.1) is 19.8 Å². The fourth-order valence-electron chi connectivity index (χ4n) is 18.7. The smallest absolute Gasteiger partial charge is 0.264 e. The van der Waals surface area contributed by atoms with Crippen molar-refractivity contribution in [2.75, 3.05) is 54.9 Å². The molecule has 0 saturated carbocycles. The third-order valence-electron chi connectivity index (χ3n) is 24.8. The quantitative estimate of drug-likeness (QED) is 0.0106. The number of aryl methyl sites for hydroxylation is 2. The number of benzene rings is 5. The summed E-state index contributed by atoms with van der Waals surface area (Å²) in [5.41, 5.74) is 27.4. The van der Waals surface area contributed by atoms with Gasteiger partial charge in [-0.2, -0.15) is 13.0 Å². The molecule has 4 atom stereocenters. The van der Waals surface area contributed by atoms with E-state index in [1.807, 2.05) is 55.5 Å². The fourth-order valence-corrected chi connectivity index (χ4v) is 20.9. The van der Waals surface area contributed by atoms with Crippen molar-refractivity contribution in [2.24, 2.45) is 5.92 Å². The molecule has 2 aliphatic carbocycles. The van der Waals surface area contributed by atoms with Gasteiger partial charge in [0.05, 0.1) is 50.0 Å². The number of thioether (sulfide) groups is 1. The van der Waals surface area contributed by atoms with E-state index in [-0.39, 0.29) is 80.1 Å². The number of rotatable bonds is 30. The van der Waals surface area contributed by atoms with Crippen LogP contribution in [0.4, 0.5) is 17.1 Å². The van der Waals surface area contributed by atoms with E-state index >= 15 is 4.79 Å². The minimum absolute atomic E-state index is 0.0263. The highest BCUT2D eigenvalue weighted by Crippen LogP contribution is 2.53. The number of Topliss-reactive ketones (excluding diaryl/α,β-unsaturated/α-hetero) is 1. The number of nitrogens with two attached hydrogens (primary N) is 1. The molecule has 19 nitrogen and oxygen atoms in total. The minimum Gasteiger partial charge on any atom is -0.748 e. The molecule has 4 aliphatic heterocycles. The SMILES string of the molecule is CCCCCCOC(C)c1c(C)c2cc3nc(c4c5[nH]c(cc6nc(cc1[nH]2)C(C)=C6CC)c(C)c5C(=O)C4)[C@@H](CCC(=O)NCCNC(=O)C1CC(/C=C/C2=[N+](CCCCS(=O)(=O)[O-])c4ccc5ccccc5c4C2(C)C)=C(Sc2ccc(N)cc2)C(=C/C=C2/N(CCCCS(=O)(=O)O)c4ccc5ccccc5c4C2(C)C)/C1)[C@@H]3C. The predicted octanol–water partition coefficient (Wildman–Crippen LogP) is 19.1. The molecule has 2 amide bonds. The number of allylic oxidation sites excluding steroid dienone is 9. The van der Waals surface area contributed by atoms with E-state index in [0.29, 0.717) is 63.1 Å². The molecule has 5 aromatic carbocycles. The number of unbranched alkanes of at least 4 members (excludes halogenated alkanes) is 5. The molecule has 0 saturated heterocycles. The first kappa shape index (κ1) is 83.0. The number of ether oxygens (including phenoxy) is 1. The number of aromatic amines is 2. The van der Waals surface area contributed by atoms with Crippen LogP contribution in [0.2, 0.25) is 0 Å². The number of carbonyl (C=O) groups is 3. The van der Waals surface area contributed by atoms with Gasteiger partial charge in [-0.05, 0) is 214 Å². The summed E-state index contributed by atoms with van der Waals surface area (Å²) in [5.74, 6) is -2.13. The Morgan fingerprint density at radius 1 is 0.776 bits per heavy atom. The van der Waals surface area contributed by atoms with Gasteiger partial charge in [-0.3, -0.25) is 23.9 Å². The summed E-state index contributed by atoms with van der Waals surface area (Å²) in [6.45, 7) is 25.6. The molecule has 3 aromatic heterocycles. The molecule has 14 rings (SSSR count). The highest BCUT2D eigenvalue weighted by Gasteiger charge is 2.47. The van der Waals surface area contributed by atoms with Gasteiger partial charge < -0.3 is 40.5 Å². The highest BCUT2D eigenvalue weighted by molar-refractivity contribution is 8.03. The van der Waals surface area contributed by atoms with E-state index in [4.69, 9.17) is 20.4 Å². The first-order chi connectivity index (χ1) is 55.4. The van der Waals surface area contributed by atoms with Crippen LogP contribution in [0.5, 0.6) is 0 Å². The van der Waals surface area contributed by atoms with Crippen molar-refractivity contribution in [3.8, 4) is 0 Å². The lowest BCUT2D eigenvalue weighted by Gasteiger charge is -2.29. The van der Waals surface area contributed by atoms with Gasteiger partial charge in [-0.15, -0.1) is 0 Å². The average Bonchev–Trinajstić information content (AvgIpc) is 1.59. The largest absolute Gasteiger partial charge is 0.748 e. The molecule has 116 heavy (non-hydrogen) atoms. The number of anilines is 2. The van der Waals surface area contributed by atoms with Gasteiger partial charge >= 0.3 is 0 Å². The summed E-state index contributed by atoms with van der Waals surface area (Å²) < 4.78 is 78.7. The topological polar surface area (TPSA) is 286 Å². The molecule has 8 aromatic rings. The van der Waals surface area contributed by atoms with E-state index in [9.17, 15) is 35.5 Å². The lowest BCUT2D eigenvalue weighted by atomic mass is 9.78. The number of fused-ring (bicyclic) bond motifs is 14. The van der Waals surface area contributed by atoms with Crippen LogP contribution in [-0.4, -0.2) is 118 Å². The second-order valence-electron chi connectivity index (χ2n) is 33.3. The molecule has 0 radical (unpaired) electrons. The highest BCUT2D eigenvalue weighted by atomic mass is 32.2. The second kappa shape index (κ2) is 34.2. The molecule has 8 bridgehead atoms. The number of aromatic nitrogens is 4. The van der Waals surface area contributed by atoms with Crippen molar-refractivity contribution < 1.29 is 49.6 Å². The van der Waals surface area contributed by atoms with Crippen LogP contribution >= 0.6 is 11.8 Å².